The van der Waals surface area contributed by atoms with E-state index in [9.17, 15) is 14.9 Å². The number of hydrogen-bond acceptors (Lipinski definition) is 5. The fourth-order valence-corrected chi connectivity index (χ4v) is 3.13. The van der Waals surface area contributed by atoms with Crippen LogP contribution in [0.15, 0.2) is 48.5 Å². The molecular weight excluding hydrogens is 384 g/mol. The van der Waals surface area contributed by atoms with E-state index in [1.807, 2.05) is 12.1 Å². The van der Waals surface area contributed by atoms with Crippen molar-refractivity contribution >= 4 is 23.2 Å². The van der Waals surface area contributed by atoms with Gasteiger partial charge in [-0.15, -0.1) is 0 Å². The maximum Gasteiger partial charge on any atom is 0.269 e. The number of benzene rings is 2. The molecule has 1 amide bonds. The largest absolute Gasteiger partial charge is 0.484 e. The summed E-state index contributed by atoms with van der Waals surface area (Å²) in [4.78, 5) is 24.7. The van der Waals surface area contributed by atoms with Gasteiger partial charge < -0.3 is 14.4 Å². The summed E-state index contributed by atoms with van der Waals surface area (Å²) in [6.45, 7) is 1.48. The van der Waals surface area contributed by atoms with Crippen molar-refractivity contribution in [3.8, 4) is 5.75 Å². The lowest BCUT2D eigenvalue weighted by Gasteiger charge is -2.25. The van der Waals surface area contributed by atoms with Gasteiger partial charge >= 0.3 is 0 Å². The van der Waals surface area contributed by atoms with Crippen LogP contribution in [-0.4, -0.2) is 41.6 Å². The predicted octanol–water partition coefficient (Wildman–Crippen LogP) is 3.83. The quantitative estimate of drug-likeness (QED) is 0.493. The maximum absolute atomic E-state index is 12.8. The Morgan fingerprint density at radius 3 is 2.54 bits per heavy atom. The predicted molar refractivity (Wildman–Crippen MR) is 104 cm³/mol. The van der Waals surface area contributed by atoms with E-state index in [-0.39, 0.29) is 24.3 Å². The highest BCUT2D eigenvalue weighted by Crippen LogP contribution is 2.19. The molecule has 1 aliphatic rings. The van der Waals surface area contributed by atoms with Crippen molar-refractivity contribution in [1.82, 2.24) is 4.90 Å². The molecule has 1 fully saturated rings. The van der Waals surface area contributed by atoms with Crippen molar-refractivity contribution in [2.75, 3.05) is 19.8 Å². The second kappa shape index (κ2) is 9.52. The number of halogens is 1. The molecule has 1 saturated heterocycles. The van der Waals surface area contributed by atoms with Crippen LogP contribution in [0.25, 0.3) is 0 Å². The van der Waals surface area contributed by atoms with Crippen LogP contribution >= 0.6 is 11.6 Å². The van der Waals surface area contributed by atoms with E-state index in [0.29, 0.717) is 30.5 Å². The van der Waals surface area contributed by atoms with Crippen LogP contribution in [0.1, 0.15) is 18.4 Å². The second-order valence-corrected chi connectivity index (χ2v) is 7.01. The monoisotopic (exact) mass is 404 g/mol. The standard InChI is InChI=1S/C20H21ClN2O5/c21-16-5-3-15(4-6-16)12-22(13-19-2-1-11-27-19)20(24)14-28-18-9-7-17(8-10-18)23(25)26/h3-10,19H,1-2,11-14H2/t19-/m1/s1. The van der Waals surface area contributed by atoms with Crippen LogP contribution < -0.4 is 4.74 Å². The van der Waals surface area contributed by atoms with Crippen LogP contribution in [0, 0.1) is 10.1 Å². The van der Waals surface area contributed by atoms with Gasteiger partial charge in [0.25, 0.3) is 11.6 Å². The zero-order chi connectivity index (χ0) is 19.9. The molecule has 3 rings (SSSR count). The lowest BCUT2D eigenvalue weighted by atomic mass is 10.2. The van der Waals surface area contributed by atoms with Gasteiger partial charge in [-0.2, -0.15) is 0 Å². The topological polar surface area (TPSA) is 81.9 Å². The van der Waals surface area contributed by atoms with Gasteiger partial charge in [0.2, 0.25) is 0 Å². The molecule has 1 heterocycles. The summed E-state index contributed by atoms with van der Waals surface area (Å²) >= 11 is 5.93. The molecule has 0 spiro atoms. The summed E-state index contributed by atoms with van der Waals surface area (Å²) in [6, 6.07) is 13.0. The summed E-state index contributed by atoms with van der Waals surface area (Å²) in [5.74, 6) is 0.228. The first-order chi connectivity index (χ1) is 13.5. The second-order valence-electron chi connectivity index (χ2n) is 6.58. The lowest BCUT2D eigenvalue weighted by Crippen LogP contribution is -2.39. The minimum absolute atomic E-state index is 0.0237. The molecule has 1 aliphatic heterocycles. The first-order valence-electron chi connectivity index (χ1n) is 9.02. The van der Waals surface area contributed by atoms with Crippen molar-refractivity contribution in [1.29, 1.82) is 0 Å². The van der Waals surface area contributed by atoms with Gasteiger partial charge in [0.05, 0.1) is 11.0 Å². The third-order valence-corrected chi connectivity index (χ3v) is 4.75. The molecule has 0 unspecified atom stereocenters. The van der Waals surface area contributed by atoms with Gasteiger partial charge in [0, 0.05) is 36.9 Å². The molecule has 2 aromatic carbocycles. The molecule has 1 atom stereocenters. The Morgan fingerprint density at radius 2 is 1.93 bits per heavy atom. The van der Waals surface area contributed by atoms with E-state index in [4.69, 9.17) is 21.1 Å². The molecule has 7 nitrogen and oxygen atoms in total. The zero-order valence-electron chi connectivity index (χ0n) is 15.3. The lowest BCUT2D eigenvalue weighted by molar-refractivity contribution is -0.384. The molecule has 0 bridgehead atoms. The minimum atomic E-state index is -0.482. The molecule has 2 aromatic rings. The third kappa shape index (κ3) is 5.68. The van der Waals surface area contributed by atoms with Crippen molar-refractivity contribution in [2.45, 2.75) is 25.5 Å². The highest BCUT2D eigenvalue weighted by Gasteiger charge is 2.23. The number of amides is 1. The van der Waals surface area contributed by atoms with Gasteiger partial charge in [-0.05, 0) is 42.7 Å². The maximum atomic E-state index is 12.8. The van der Waals surface area contributed by atoms with Gasteiger partial charge in [-0.3, -0.25) is 14.9 Å². The van der Waals surface area contributed by atoms with E-state index in [1.54, 1.807) is 17.0 Å². The van der Waals surface area contributed by atoms with Gasteiger partial charge in [-0.1, -0.05) is 23.7 Å². The minimum Gasteiger partial charge on any atom is -0.484 e. The van der Waals surface area contributed by atoms with E-state index >= 15 is 0 Å². The molecule has 0 radical (unpaired) electrons. The number of nitro benzene ring substituents is 1. The summed E-state index contributed by atoms with van der Waals surface area (Å²) in [7, 11) is 0. The number of carbonyl (C=O) groups is 1. The Kier molecular flexibility index (Phi) is 6.84. The Labute approximate surface area is 168 Å². The van der Waals surface area contributed by atoms with Crippen molar-refractivity contribution in [3.63, 3.8) is 0 Å². The molecule has 0 aromatic heterocycles. The van der Waals surface area contributed by atoms with Crippen LogP contribution in [0.3, 0.4) is 0 Å². The Hall–Kier alpha value is -2.64. The molecule has 8 heteroatoms. The Balaban J connectivity index is 1.62. The SMILES string of the molecule is O=C(COc1ccc([N+](=O)[O-])cc1)N(Cc1ccc(Cl)cc1)C[C@H]1CCCO1. The summed E-state index contributed by atoms with van der Waals surface area (Å²) in [5.41, 5.74) is 0.938. The number of carbonyl (C=O) groups excluding carboxylic acids is 1. The van der Waals surface area contributed by atoms with Gasteiger partial charge in [0.15, 0.2) is 6.61 Å². The van der Waals surface area contributed by atoms with Crippen LogP contribution in [0.4, 0.5) is 5.69 Å². The average molecular weight is 405 g/mol. The van der Waals surface area contributed by atoms with E-state index in [1.165, 1.54) is 24.3 Å². The number of non-ortho nitro benzene ring substituents is 1. The number of hydrogen-bond donors (Lipinski definition) is 0. The Morgan fingerprint density at radius 1 is 1.21 bits per heavy atom. The molecule has 28 heavy (non-hydrogen) atoms. The number of nitro groups is 1. The van der Waals surface area contributed by atoms with E-state index in [2.05, 4.69) is 0 Å². The highest BCUT2D eigenvalue weighted by atomic mass is 35.5. The summed E-state index contributed by atoms with van der Waals surface area (Å²) in [5, 5.41) is 11.4. The van der Waals surface area contributed by atoms with Crippen molar-refractivity contribution in [3.05, 3.63) is 69.2 Å². The van der Waals surface area contributed by atoms with Crippen molar-refractivity contribution < 1.29 is 19.2 Å². The molecule has 0 saturated carbocycles. The van der Waals surface area contributed by atoms with E-state index < -0.39 is 4.92 Å². The van der Waals surface area contributed by atoms with Crippen molar-refractivity contribution in [2.24, 2.45) is 0 Å². The van der Waals surface area contributed by atoms with Crippen LogP contribution in [-0.2, 0) is 16.1 Å². The summed E-state index contributed by atoms with van der Waals surface area (Å²) in [6.07, 6.45) is 1.94. The fourth-order valence-electron chi connectivity index (χ4n) is 3.00. The smallest absolute Gasteiger partial charge is 0.269 e. The third-order valence-electron chi connectivity index (χ3n) is 4.50. The number of ether oxygens (including phenoxy) is 2. The molecule has 0 aliphatic carbocycles. The molecule has 0 N–H and O–H groups in total. The first-order valence-corrected chi connectivity index (χ1v) is 9.40. The summed E-state index contributed by atoms with van der Waals surface area (Å²) < 4.78 is 11.2. The van der Waals surface area contributed by atoms with Gasteiger partial charge in [0.1, 0.15) is 5.75 Å². The Bertz CT molecular complexity index is 804. The molecule has 148 valence electrons. The van der Waals surface area contributed by atoms with Gasteiger partial charge in [-0.25, -0.2) is 0 Å². The van der Waals surface area contributed by atoms with Crippen LogP contribution in [0.5, 0.6) is 5.75 Å². The molecular formula is C20H21ClN2O5. The van der Waals surface area contributed by atoms with E-state index in [0.717, 1.165) is 18.4 Å². The zero-order valence-corrected chi connectivity index (χ0v) is 16.0. The normalized spacial score (nSPS) is 16.0. The average Bonchev–Trinajstić information content (AvgIpc) is 3.20. The first kappa shape index (κ1) is 20.1. The highest BCUT2D eigenvalue weighted by molar-refractivity contribution is 6.30. The number of rotatable bonds is 8. The number of nitrogens with zero attached hydrogens (tertiary/aromatic N) is 2. The van der Waals surface area contributed by atoms with Crippen LogP contribution in [0.2, 0.25) is 5.02 Å². The fraction of sp³-hybridized carbons (Fsp3) is 0.350.